The quantitative estimate of drug-likeness (QED) is 0.741. The molecule has 0 radical (unpaired) electrons. The number of aromatic nitrogens is 1. The van der Waals surface area contributed by atoms with Gasteiger partial charge >= 0.3 is 0 Å². The fourth-order valence-corrected chi connectivity index (χ4v) is 4.07. The molecule has 0 aliphatic rings. The topological polar surface area (TPSA) is 48.3 Å². The van der Waals surface area contributed by atoms with E-state index in [0.717, 1.165) is 23.1 Å². The van der Waals surface area contributed by atoms with E-state index in [1.165, 1.54) is 3.97 Å². The van der Waals surface area contributed by atoms with E-state index >= 15 is 0 Å². The fraction of sp³-hybridized carbons (Fsp3) is 0.176. The molecule has 3 rings (SSSR count). The van der Waals surface area contributed by atoms with E-state index in [9.17, 15) is 8.42 Å². The van der Waals surface area contributed by atoms with Crippen LogP contribution in [0.1, 0.15) is 12.5 Å². The van der Waals surface area contributed by atoms with Gasteiger partial charge in [-0.15, -0.1) is 0 Å². The average Bonchev–Trinajstić information content (AvgIpc) is 2.99. The Morgan fingerprint density at radius 3 is 2.41 bits per heavy atom. The Morgan fingerprint density at radius 2 is 1.77 bits per heavy atom. The molecule has 0 atom stereocenters. The lowest BCUT2D eigenvalue weighted by atomic mass is 10.1. The summed E-state index contributed by atoms with van der Waals surface area (Å²) >= 11 is 0. The van der Waals surface area contributed by atoms with Crippen LogP contribution in [-0.4, -0.2) is 19.5 Å². The Bertz CT molecular complexity index is 912. The van der Waals surface area contributed by atoms with Crippen molar-refractivity contribution in [1.82, 2.24) is 3.97 Å². The maximum atomic E-state index is 12.8. The van der Waals surface area contributed by atoms with Gasteiger partial charge in [0.2, 0.25) is 0 Å². The normalized spacial score (nSPS) is 11.7. The Balaban J connectivity index is 2.26. The number of hydrogen-bond acceptors (Lipinski definition) is 3. The summed E-state index contributed by atoms with van der Waals surface area (Å²) in [5, 5.41) is 0.904. The number of nitrogens with zero attached hydrogens (tertiary/aromatic N) is 1. The summed E-state index contributed by atoms with van der Waals surface area (Å²) in [7, 11) is -1.97. The van der Waals surface area contributed by atoms with E-state index in [0.29, 0.717) is 5.52 Å². The van der Waals surface area contributed by atoms with Crippen molar-refractivity contribution in [3.63, 3.8) is 0 Å². The molecule has 0 unspecified atom stereocenters. The van der Waals surface area contributed by atoms with E-state index in [2.05, 4.69) is 0 Å². The Hall–Kier alpha value is -2.27. The number of benzene rings is 2. The van der Waals surface area contributed by atoms with Crippen molar-refractivity contribution in [2.75, 3.05) is 7.11 Å². The van der Waals surface area contributed by atoms with Gasteiger partial charge in [-0.1, -0.05) is 25.1 Å². The van der Waals surface area contributed by atoms with Crippen LogP contribution in [0.25, 0.3) is 10.9 Å². The molecule has 5 heteroatoms. The standard InChI is InChI=1S/C17H17NO3S/c1-3-14-15-11-12-18(16(15)9-10-17(14)21-2)22(19,20)13-7-5-4-6-8-13/h4-12H,3H2,1-2H3. The summed E-state index contributed by atoms with van der Waals surface area (Å²) < 4.78 is 32.3. The molecular formula is C17H17NO3S. The highest BCUT2D eigenvalue weighted by molar-refractivity contribution is 7.90. The summed E-state index contributed by atoms with van der Waals surface area (Å²) in [6.07, 6.45) is 2.38. The summed E-state index contributed by atoms with van der Waals surface area (Å²) in [5.74, 6) is 0.782. The van der Waals surface area contributed by atoms with Gasteiger partial charge in [0, 0.05) is 17.1 Å². The van der Waals surface area contributed by atoms with Crippen LogP contribution in [0, 0.1) is 0 Å². The monoisotopic (exact) mass is 315 g/mol. The highest BCUT2D eigenvalue weighted by atomic mass is 32.2. The van der Waals surface area contributed by atoms with E-state index in [1.54, 1.807) is 49.7 Å². The first-order chi connectivity index (χ1) is 10.6. The van der Waals surface area contributed by atoms with E-state index in [1.807, 2.05) is 19.1 Å². The minimum absolute atomic E-state index is 0.279. The number of hydrogen-bond donors (Lipinski definition) is 0. The van der Waals surface area contributed by atoms with Crippen molar-refractivity contribution in [1.29, 1.82) is 0 Å². The first-order valence-corrected chi connectivity index (χ1v) is 8.51. The molecule has 1 aromatic heterocycles. The summed E-state index contributed by atoms with van der Waals surface area (Å²) in [5.41, 5.74) is 1.68. The van der Waals surface area contributed by atoms with Crippen LogP contribution in [0.2, 0.25) is 0 Å². The molecule has 0 aliphatic heterocycles. The number of ether oxygens (including phenoxy) is 1. The molecule has 0 bridgehead atoms. The maximum absolute atomic E-state index is 12.8. The molecule has 0 N–H and O–H groups in total. The average molecular weight is 315 g/mol. The van der Waals surface area contributed by atoms with Crippen molar-refractivity contribution < 1.29 is 13.2 Å². The summed E-state index contributed by atoms with van der Waals surface area (Å²) in [4.78, 5) is 0.279. The minimum atomic E-state index is -3.59. The molecule has 4 nitrogen and oxygen atoms in total. The SMILES string of the molecule is CCc1c(OC)ccc2c1ccn2S(=O)(=O)c1ccccc1. The lowest BCUT2D eigenvalue weighted by Gasteiger charge is -2.11. The van der Waals surface area contributed by atoms with Gasteiger partial charge < -0.3 is 4.74 Å². The zero-order valence-electron chi connectivity index (χ0n) is 12.5. The van der Waals surface area contributed by atoms with Gasteiger partial charge in [0.1, 0.15) is 5.75 Å². The predicted octanol–water partition coefficient (Wildman–Crippen LogP) is 3.45. The van der Waals surface area contributed by atoms with Gasteiger partial charge in [-0.2, -0.15) is 0 Å². The molecule has 114 valence electrons. The third-order valence-electron chi connectivity index (χ3n) is 3.78. The second kappa shape index (κ2) is 5.50. The van der Waals surface area contributed by atoms with Crippen LogP contribution in [-0.2, 0) is 16.4 Å². The van der Waals surface area contributed by atoms with Gasteiger partial charge in [0.25, 0.3) is 10.0 Å². The summed E-state index contributed by atoms with van der Waals surface area (Å²) in [6, 6.07) is 13.9. The number of aryl methyl sites for hydroxylation is 1. The molecule has 3 aromatic rings. The lowest BCUT2D eigenvalue weighted by molar-refractivity contribution is 0.411. The molecule has 0 aliphatic carbocycles. The van der Waals surface area contributed by atoms with E-state index < -0.39 is 10.0 Å². The van der Waals surface area contributed by atoms with Crippen LogP contribution in [0.4, 0.5) is 0 Å². The molecule has 0 saturated heterocycles. The van der Waals surface area contributed by atoms with Crippen molar-refractivity contribution >= 4 is 20.9 Å². The van der Waals surface area contributed by atoms with Crippen molar-refractivity contribution in [2.24, 2.45) is 0 Å². The zero-order chi connectivity index (χ0) is 15.7. The molecule has 0 saturated carbocycles. The van der Waals surface area contributed by atoms with Crippen molar-refractivity contribution in [3.8, 4) is 5.75 Å². The molecular weight excluding hydrogens is 298 g/mol. The molecule has 22 heavy (non-hydrogen) atoms. The van der Waals surface area contributed by atoms with Gasteiger partial charge in [-0.05, 0) is 36.8 Å². The van der Waals surface area contributed by atoms with Crippen LogP contribution < -0.4 is 4.74 Å². The molecule has 2 aromatic carbocycles. The molecule has 0 spiro atoms. The number of methoxy groups -OCH3 is 1. The molecule has 0 fully saturated rings. The fourth-order valence-electron chi connectivity index (χ4n) is 2.70. The Kier molecular flexibility index (Phi) is 3.66. The molecule has 0 amide bonds. The maximum Gasteiger partial charge on any atom is 0.268 e. The van der Waals surface area contributed by atoms with Crippen molar-refractivity contribution in [2.45, 2.75) is 18.2 Å². The van der Waals surface area contributed by atoms with Crippen LogP contribution in [0.15, 0.2) is 59.6 Å². The molecule has 1 heterocycles. The second-order valence-corrected chi connectivity index (χ2v) is 6.78. The van der Waals surface area contributed by atoms with Gasteiger partial charge in [-0.3, -0.25) is 0 Å². The lowest BCUT2D eigenvalue weighted by Crippen LogP contribution is -2.11. The Labute approximate surface area is 130 Å². The van der Waals surface area contributed by atoms with Crippen molar-refractivity contribution in [3.05, 3.63) is 60.3 Å². The highest BCUT2D eigenvalue weighted by Gasteiger charge is 2.20. The zero-order valence-corrected chi connectivity index (χ0v) is 13.3. The third kappa shape index (κ3) is 2.18. The third-order valence-corrected chi connectivity index (χ3v) is 5.48. The minimum Gasteiger partial charge on any atom is -0.496 e. The number of fused-ring (bicyclic) bond motifs is 1. The first-order valence-electron chi connectivity index (χ1n) is 7.07. The Morgan fingerprint density at radius 1 is 1.05 bits per heavy atom. The van der Waals surface area contributed by atoms with E-state index in [-0.39, 0.29) is 4.90 Å². The summed E-state index contributed by atoms with van der Waals surface area (Å²) in [6.45, 7) is 2.03. The van der Waals surface area contributed by atoms with Gasteiger partial charge in [0.15, 0.2) is 0 Å². The van der Waals surface area contributed by atoms with Gasteiger partial charge in [0.05, 0.1) is 17.5 Å². The largest absolute Gasteiger partial charge is 0.496 e. The first kappa shape index (κ1) is 14.7. The number of rotatable bonds is 4. The predicted molar refractivity (Wildman–Crippen MR) is 86.9 cm³/mol. The second-order valence-electron chi connectivity index (χ2n) is 4.96. The smallest absolute Gasteiger partial charge is 0.268 e. The van der Waals surface area contributed by atoms with Crippen LogP contribution in [0.5, 0.6) is 5.75 Å². The van der Waals surface area contributed by atoms with Crippen LogP contribution >= 0.6 is 0 Å². The van der Waals surface area contributed by atoms with E-state index in [4.69, 9.17) is 4.74 Å². The van der Waals surface area contributed by atoms with Gasteiger partial charge in [-0.25, -0.2) is 12.4 Å². The highest BCUT2D eigenvalue weighted by Crippen LogP contribution is 2.31. The van der Waals surface area contributed by atoms with Crippen LogP contribution in [0.3, 0.4) is 0 Å².